The van der Waals surface area contributed by atoms with Gasteiger partial charge in [0.05, 0.1) is 24.8 Å². The number of alkyl halides is 3. The third kappa shape index (κ3) is 6.21. The molecule has 1 amide bonds. The molecule has 1 heterocycles. The van der Waals surface area contributed by atoms with Crippen LogP contribution < -0.4 is 15.4 Å². The smallest absolute Gasteiger partial charge is 0.416 e. The maximum Gasteiger partial charge on any atom is 0.416 e. The van der Waals surface area contributed by atoms with E-state index in [-0.39, 0.29) is 18.0 Å². The fourth-order valence-electron chi connectivity index (χ4n) is 2.74. The highest BCUT2D eigenvalue weighted by atomic mass is 32.1. The summed E-state index contributed by atoms with van der Waals surface area (Å²) in [5, 5.41) is 7.82. The number of rotatable bonds is 8. The molecule has 158 valence electrons. The van der Waals surface area contributed by atoms with Crippen molar-refractivity contribution in [1.82, 2.24) is 10.3 Å². The quantitative estimate of drug-likeness (QED) is 0.533. The summed E-state index contributed by atoms with van der Waals surface area (Å²) in [7, 11) is 1.60. The van der Waals surface area contributed by atoms with Crippen molar-refractivity contribution in [3.8, 4) is 5.75 Å². The number of nitrogens with zero attached hydrogens (tertiary/aromatic N) is 1. The molecule has 0 spiro atoms. The number of aromatic nitrogens is 1. The van der Waals surface area contributed by atoms with Crippen LogP contribution in [-0.2, 0) is 23.8 Å². The average Bonchev–Trinajstić information content (AvgIpc) is 3.14. The maximum absolute atomic E-state index is 12.8. The van der Waals surface area contributed by atoms with Crippen molar-refractivity contribution in [3.63, 3.8) is 0 Å². The molecule has 0 radical (unpaired) electrons. The lowest BCUT2D eigenvalue weighted by Crippen LogP contribution is -2.27. The summed E-state index contributed by atoms with van der Waals surface area (Å²) in [6, 6.07) is 12.5. The van der Waals surface area contributed by atoms with Gasteiger partial charge in [0.25, 0.3) is 0 Å². The summed E-state index contributed by atoms with van der Waals surface area (Å²) < 4.78 is 43.6. The minimum Gasteiger partial charge on any atom is -0.497 e. The molecule has 0 atom stereocenters. The summed E-state index contributed by atoms with van der Waals surface area (Å²) in [6.45, 7) is 0.478. The number of carbonyl (C=O) groups is 1. The Hall–Kier alpha value is -3.07. The molecule has 3 aromatic rings. The minimum absolute atomic E-state index is 0.0961. The van der Waals surface area contributed by atoms with Gasteiger partial charge in [-0.1, -0.05) is 18.2 Å². The number of ether oxygens (including phenoxy) is 1. The van der Waals surface area contributed by atoms with Crippen molar-refractivity contribution in [2.45, 2.75) is 19.0 Å². The Morgan fingerprint density at radius 2 is 1.97 bits per heavy atom. The molecule has 9 heteroatoms. The average molecular weight is 435 g/mol. The van der Waals surface area contributed by atoms with Gasteiger partial charge in [-0.25, -0.2) is 4.98 Å². The molecular formula is C21H20F3N3O2S. The molecule has 0 unspecified atom stereocenters. The van der Waals surface area contributed by atoms with E-state index in [4.69, 9.17) is 4.74 Å². The van der Waals surface area contributed by atoms with Crippen LogP contribution in [0.3, 0.4) is 0 Å². The fourth-order valence-corrected chi connectivity index (χ4v) is 3.47. The monoisotopic (exact) mass is 435 g/mol. The van der Waals surface area contributed by atoms with Gasteiger partial charge in [0.2, 0.25) is 5.91 Å². The van der Waals surface area contributed by atoms with Gasteiger partial charge in [0.15, 0.2) is 5.13 Å². The number of carbonyl (C=O) groups excluding carboxylic acids is 1. The van der Waals surface area contributed by atoms with Crippen molar-refractivity contribution in [2.75, 3.05) is 19.0 Å². The number of anilines is 2. The van der Waals surface area contributed by atoms with Crippen molar-refractivity contribution in [3.05, 3.63) is 70.7 Å². The van der Waals surface area contributed by atoms with Crippen molar-refractivity contribution in [1.29, 1.82) is 0 Å². The SMILES string of the molecule is COc1cccc(CCNC(=O)Cc2csc(Nc3cccc(C(F)(F)F)c3)n2)c1. The number of hydrogen-bond donors (Lipinski definition) is 2. The third-order valence-electron chi connectivity index (χ3n) is 4.20. The first-order chi connectivity index (χ1) is 14.3. The van der Waals surface area contributed by atoms with Gasteiger partial charge < -0.3 is 15.4 Å². The molecule has 0 aliphatic heterocycles. The summed E-state index contributed by atoms with van der Waals surface area (Å²) in [6.07, 6.45) is -3.64. The van der Waals surface area contributed by atoms with E-state index in [1.54, 1.807) is 12.5 Å². The Labute approximate surface area is 175 Å². The molecule has 5 nitrogen and oxygen atoms in total. The number of nitrogens with one attached hydrogen (secondary N) is 2. The predicted molar refractivity (Wildman–Crippen MR) is 110 cm³/mol. The number of benzene rings is 2. The zero-order valence-electron chi connectivity index (χ0n) is 16.1. The number of amides is 1. The number of halogens is 3. The van der Waals surface area contributed by atoms with Crippen LogP contribution in [-0.4, -0.2) is 24.5 Å². The van der Waals surface area contributed by atoms with Crippen molar-refractivity contribution in [2.24, 2.45) is 0 Å². The second kappa shape index (κ2) is 9.62. The predicted octanol–water partition coefficient (Wildman–Crippen LogP) is 4.82. The fraction of sp³-hybridized carbons (Fsp3) is 0.238. The lowest BCUT2D eigenvalue weighted by Gasteiger charge is -2.09. The summed E-state index contributed by atoms with van der Waals surface area (Å²) in [4.78, 5) is 16.4. The zero-order chi connectivity index (χ0) is 21.6. The normalized spacial score (nSPS) is 11.2. The first kappa shape index (κ1) is 21.6. The highest BCUT2D eigenvalue weighted by Gasteiger charge is 2.30. The highest BCUT2D eigenvalue weighted by Crippen LogP contribution is 2.31. The largest absolute Gasteiger partial charge is 0.497 e. The van der Waals surface area contributed by atoms with Crippen LogP contribution in [0.25, 0.3) is 0 Å². The van der Waals surface area contributed by atoms with Crippen LogP contribution in [0.1, 0.15) is 16.8 Å². The molecule has 30 heavy (non-hydrogen) atoms. The van der Waals surface area contributed by atoms with Crippen molar-refractivity contribution >= 4 is 28.1 Å². The minimum atomic E-state index is -4.41. The highest BCUT2D eigenvalue weighted by molar-refractivity contribution is 7.13. The van der Waals surface area contributed by atoms with Crippen molar-refractivity contribution < 1.29 is 22.7 Å². The van der Waals surface area contributed by atoms with Gasteiger partial charge >= 0.3 is 6.18 Å². The van der Waals surface area contributed by atoms with Gasteiger partial charge in [-0.3, -0.25) is 4.79 Å². The second-order valence-corrected chi connectivity index (χ2v) is 7.33. The van der Waals surface area contributed by atoms with Gasteiger partial charge in [-0.05, 0) is 42.3 Å². The van der Waals surface area contributed by atoms with Crippen LogP contribution in [0.15, 0.2) is 53.9 Å². The zero-order valence-corrected chi connectivity index (χ0v) is 16.9. The molecule has 0 saturated heterocycles. The second-order valence-electron chi connectivity index (χ2n) is 6.48. The van der Waals surface area contributed by atoms with E-state index in [0.29, 0.717) is 23.8 Å². The summed E-state index contributed by atoms with van der Waals surface area (Å²) >= 11 is 1.23. The molecular weight excluding hydrogens is 415 g/mol. The van der Waals surface area contributed by atoms with E-state index in [0.717, 1.165) is 23.4 Å². The van der Waals surface area contributed by atoms with E-state index < -0.39 is 11.7 Å². The Morgan fingerprint density at radius 1 is 1.17 bits per heavy atom. The lowest BCUT2D eigenvalue weighted by atomic mass is 10.1. The molecule has 0 saturated carbocycles. The standard InChI is InChI=1S/C21H20F3N3O2S/c1-29-18-7-2-4-14(10-18)8-9-25-19(28)12-17-13-30-20(27-17)26-16-6-3-5-15(11-16)21(22,23)24/h2-7,10-11,13H,8-9,12H2,1H3,(H,25,28)(H,26,27). The first-order valence-corrected chi connectivity index (χ1v) is 10.00. The molecule has 3 rings (SSSR count). The Kier molecular flexibility index (Phi) is 6.94. The van der Waals surface area contributed by atoms with Gasteiger partial charge in [-0.15, -0.1) is 11.3 Å². The Balaban J connectivity index is 1.49. The third-order valence-corrected chi connectivity index (χ3v) is 5.01. The summed E-state index contributed by atoms with van der Waals surface area (Å²) in [5.74, 6) is 0.593. The number of thiazole rings is 1. The molecule has 1 aromatic heterocycles. The molecule has 0 fully saturated rings. The molecule has 2 N–H and O–H groups in total. The van der Waals surface area contributed by atoms with E-state index in [1.165, 1.54) is 23.5 Å². The topological polar surface area (TPSA) is 63.2 Å². The van der Waals surface area contributed by atoms with E-state index in [2.05, 4.69) is 15.6 Å². The summed E-state index contributed by atoms with van der Waals surface area (Å²) in [5.41, 5.74) is 1.15. The molecule has 0 aliphatic rings. The van der Waals surface area contributed by atoms with Crippen LogP contribution in [0.4, 0.5) is 24.0 Å². The lowest BCUT2D eigenvalue weighted by molar-refractivity contribution is -0.137. The Bertz CT molecular complexity index is 1000. The first-order valence-electron chi connectivity index (χ1n) is 9.12. The van der Waals surface area contributed by atoms with Crippen LogP contribution in [0, 0.1) is 0 Å². The maximum atomic E-state index is 12.8. The Morgan fingerprint density at radius 3 is 2.73 bits per heavy atom. The van der Waals surface area contributed by atoms with Gasteiger partial charge in [-0.2, -0.15) is 13.2 Å². The van der Waals surface area contributed by atoms with Gasteiger partial charge in [0.1, 0.15) is 5.75 Å². The molecule has 2 aromatic carbocycles. The van der Waals surface area contributed by atoms with Crippen LogP contribution >= 0.6 is 11.3 Å². The molecule has 0 aliphatic carbocycles. The van der Waals surface area contributed by atoms with Crippen LogP contribution in [0.5, 0.6) is 5.75 Å². The number of methoxy groups -OCH3 is 1. The van der Waals surface area contributed by atoms with Crippen LogP contribution in [0.2, 0.25) is 0 Å². The number of hydrogen-bond acceptors (Lipinski definition) is 5. The molecule has 0 bridgehead atoms. The van der Waals surface area contributed by atoms with E-state index in [9.17, 15) is 18.0 Å². The van der Waals surface area contributed by atoms with E-state index >= 15 is 0 Å². The van der Waals surface area contributed by atoms with Gasteiger partial charge in [0, 0.05) is 17.6 Å². The van der Waals surface area contributed by atoms with E-state index in [1.807, 2.05) is 24.3 Å².